The Morgan fingerprint density at radius 3 is 1.24 bits per heavy atom. The number of ether oxygens (including phenoxy) is 5. The van der Waals surface area contributed by atoms with Gasteiger partial charge in [-0.15, -0.1) is 0 Å². The minimum atomic E-state index is -0.799. The van der Waals surface area contributed by atoms with Crippen LogP contribution < -0.4 is 23.7 Å². The minimum Gasteiger partial charge on any atom is -0.423 e. The van der Waals surface area contributed by atoms with Crippen LogP contribution in [0.25, 0.3) is 0 Å². The molecule has 0 heterocycles. The average molecular weight is 679 g/mol. The molecule has 4 rings (SSSR count). The summed E-state index contributed by atoms with van der Waals surface area (Å²) < 4.78 is 26.3. The topological polar surface area (TPSA) is 132 Å². The van der Waals surface area contributed by atoms with E-state index >= 15 is 0 Å². The highest BCUT2D eigenvalue weighted by Gasteiger charge is 2.16. The van der Waals surface area contributed by atoms with Gasteiger partial charge in [-0.05, 0) is 84.9 Å². The average Bonchev–Trinajstić information content (AvgIpc) is 3.14. The Hall–Kier alpha value is -7.69. The maximum atomic E-state index is 12.7. The Morgan fingerprint density at radius 2 is 0.784 bits per heavy atom. The van der Waals surface area contributed by atoms with Crippen molar-refractivity contribution in [3.63, 3.8) is 0 Å². The van der Waals surface area contributed by atoms with Crippen LogP contribution in [0.3, 0.4) is 0 Å². The molecule has 10 heteroatoms. The molecule has 0 aliphatic rings. The summed E-state index contributed by atoms with van der Waals surface area (Å²) in [5.74, 6) is 8.82. The Balaban J connectivity index is 1.60. The van der Waals surface area contributed by atoms with E-state index in [0.717, 1.165) is 24.3 Å². The van der Waals surface area contributed by atoms with E-state index in [4.69, 9.17) is 23.7 Å². The molecule has 0 aliphatic carbocycles. The van der Waals surface area contributed by atoms with E-state index in [1.165, 1.54) is 60.7 Å². The van der Waals surface area contributed by atoms with Crippen LogP contribution >= 0.6 is 0 Å². The molecule has 0 atom stereocenters. The molecule has 51 heavy (non-hydrogen) atoms. The zero-order chi connectivity index (χ0) is 36.8. The van der Waals surface area contributed by atoms with Gasteiger partial charge in [0.15, 0.2) is 11.5 Å². The maximum Gasteiger partial charge on any atom is 0.343 e. The van der Waals surface area contributed by atoms with Crippen LogP contribution in [-0.4, -0.2) is 29.8 Å². The largest absolute Gasteiger partial charge is 0.423 e. The lowest BCUT2D eigenvalue weighted by Crippen LogP contribution is -2.09. The first kappa shape index (κ1) is 36.2. The molecule has 0 bridgehead atoms. The number of hydrogen-bond acceptors (Lipinski definition) is 10. The Bertz CT molecular complexity index is 2120. The molecular formula is C41H26O10. The van der Waals surface area contributed by atoms with Crippen LogP contribution in [0, 0.1) is 23.7 Å². The van der Waals surface area contributed by atoms with Gasteiger partial charge >= 0.3 is 29.8 Å². The van der Waals surface area contributed by atoms with Gasteiger partial charge in [-0.3, -0.25) is 0 Å². The molecule has 0 aromatic heterocycles. The van der Waals surface area contributed by atoms with Crippen LogP contribution in [0.5, 0.6) is 28.7 Å². The van der Waals surface area contributed by atoms with Gasteiger partial charge in [0, 0.05) is 41.0 Å². The van der Waals surface area contributed by atoms with Crippen LogP contribution in [0.15, 0.2) is 136 Å². The van der Waals surface area contributed by atoms with E-state index in [0.29, 0.717) is 16.7 Å². The molecule has 0 saturated carbocycles. The summed E-state index contributed by atoms with van der Waals surface area (Å²) in [6.45, 7) is 13.5. The molecule has 4 aromatic rings. The summed E-state index contributed by atoms with van der Waals surface area (Å²) >= 11 is 0. The monoisotopic (exact) mass is 678 g/mol. The van der Waals surface area contributed by atoms with Gasteiger partial charge in [0.25, 0.3) is 0 Å². The number of carbonyl (C=O) groups is 5. The Kier molecular flexibility index (Phi) is 12.4. The fourth-order valence-electron chi connectivity index (χ4n) is 3.88. The second kappa shape index (κ2) is 17.5. The lowest BCUT2D eigenvalue weighted by molar-refractivity contribution is -0.130. The first-order chi connectivity index (χ1) is 24.6. The van der Waals surface area contributed by atoms with Crippen molar-refractivity contribution < 1.29 is 47.7 Å². The van der Waals surface area contributed by atoms with Crippen LogP contribution in [0.1, 0.15) is 32.6 Å². The summed E-state index contributed by atoms with van der Waals surface area (Å²) in [6, 6.07) is 21.3. The summed E-state index contributed by atoms with van der Waals surface area (Å²) in [5.41, 5.74) is 1.61. The molecular weight excluding hydrogens is 652 g/mol. The van der Waals surface area contributed by atoms with Gasteiger partial charge in [0.05, 0.1) is 5.56 Å². The van der Waals surface area contributed by atoms with Crippen molar-refractivity contribution in [2.75, 3.05) is 0 Å². The van der Waals surface area contributed by atoms with Gasteiger partial charge in [-0.25, -0.2) is 24.0 Å². The summed E-state index contributed by atoms with van der Waals surface area (Å²) in [6.07, 6.45) is 3.97. The van der Waals surface area contributed by atoms with E-state index in [1.54, 1.807) is 24.3 Å². The highest BCUT2D eigenvalue weighted by atomic mass is 16.6. The Morgan fingerprint density at radius 1 is 0.431 bits per heavy atom. The van der Waals surface area contributed by atoms with E-state index in [9.17, 15) is 24.0 Å². The predicted molar refractivity (Wildman–Crippen MR) is 186 cm³/mol. The van der Waals surface area contributed by atoms with Gasteiger partial charge in [0.1, 0.15) is 22.8 Å². The molecule has 0 amide bonds. The first-order valence-electron chi connectivity index (χ1n) is 14.7. The zero-order valence-electron chi connectivity index (χ0n) is 26.8. The molecule has 0 radical (unpaired) electrons. The Labute approximate surface area is 292 Å². The molecule has 0 fully saturated rings. The van der Waals surface area contributed by atoms with Crippen molar-refractivity contribution in [3.8, 4) is 52.4 Å². The smallest absolute Gasteiger partial charge is 0.343 e. The van der Waals surface area contributed by atoms with Crippen LogP contribution in [-0.2, 0) is 19.2 Å². The quantitative estimate of drug-likeness (QED) is 0.0843. The molecule has 0 N–H and O–H groups in total. The third-order valence-electron chi connectivity index (χ3n) is 6.28. The lowest BCUT2D eigenvalue weighted by atomic mass is 10.1. The standard InChI is InChI=1S/C41H26O10/c1-5-37(42)47-31-18-13-28(14-19-31)15-24-34-35(50-39(44)7-3)25-29(26-36(34)51-40(45)8-4)10-9-27-11-16-30(17-12-27)41(46)49-33-22-20-32(21-23-33)48-38(43)6-2/h5-8,11-14,16-23,25-26H,1-4H2. The van der Waals surface area contributed by atoms with Crippen LogP contribution in [0.4, 0.5) is 0 Å². The van der Waals surface area contributed by atoms with E-state index in [2.05, 4.69) is 50.0 Å². The fourth-order valence-corrected chi connectivity index (χ4v) is 3.88. The summed E-state index contributed by atoms with van der Waals surface area (Å²) in [5, 5.41) is 0. The van der Waals surface area contributed by atoms with Crippen molar-refractivity contribution in [3.05, 3.63) is 163 Å². The number of carbonyl (C=O) groups excluding carboxylic acids is 5. The SMILES string of the molecule is C=CC(=O)Oc1ccc(C#Cc2c(OC(=O)C=C)cc(C#Cc3ccc(C(=O)Oc4ccc(OC(=O)C=C)cc4)cc3)cc2OC(=O)C=C)cc1. The molecule has 0 aliphatic heterocycles. The molecule has 250 valence electrons. The summed E-state index contributed by atoms with van der Waals surface area (Å²) in [4.78, 5) is 60.0. The zero-order valence-corrected chi connectivity index (χ0v) is 26.8. The van der Waals surface area contributed by atoms with Crippen molar-refractivity contribution >= 4 is 29.8 Å². The van der Waals surface area contributed by atoms with Crippen molar-refractivity contribution in [1.29, 1.82) is 0 Å². The van der Waals surface area contributed by atoms with Gasteiger partial charge < -0.3 is 23.7 Å². The number of hydrogen-bond donors (Lipinski definition) is 0. The minimum absolute atomic E-state index is 0.0587. The van der Waals surface area contributed by atoms with E-state index < -0.39 is 29.8 Å². The molecule has 0 saturated heterocycles. The fraction of sp³-hybridized carbons (Fsp3) is 0. The highest BCUT2D eigenvalue weighted by Crippen LogP contribution is 2.31. The maximum absolute atomic E-state index is 12.7. The van der Waals surface area contributed by atoms with Crippen molar-refractivity contribution in [2.24, 2.45) is 0 Å². The van der Waals surface area contributed by atoms with Crippen LogP contribution in [0.2, 0.25) is 0 Å². The molecule has 4 aromatic carbocycles. The molecule has 0 spiro atoms. The second-order valence-electron chi connectivity index (χ2n) is 9.81. The number of benzene rings is 4. The number of rotatable bonds is 10. The summed E-state index contributed by atoms with van der Waals surface area (Å²) in [7, 11) is 0. The van der Waals surface area contributed by atoms with Gasteiger partial charge in [-0.2, -0.15) is 0 Å². The van der Waals surface area contributed by atoms with Crippen molar-refractivity contribution in [2.45, 2.75) is 0 Å². The molecule has 0 unspecified atom stereocenters. The lowest BCUT2D eigenvalue weighted by Gasteiger charge is -2.11. The van der Waals surface area contributed by atoms with E-state index in [-0.39, 0.29) is 39.9 Å². The normalized spacial score (nSPS) is 9.57. The van der Waals surface area contributed by atoms with E-state index in [1.807, 2.05) is 0 Å². The van der Waals surface area contributed by atoms with Crippen molar-refractivity contribution in [1.82, 2.24) is 0 Å². The third-order valence-corrected chi connectivity index (χ3v) is 6.28. The highest BCUT2D eigenvalue weighted by molar-refractivity contribution is 5.91. The van der Waals surface area contributed by atoms with Gasteiger partial charge in [0.2, 0.25) is 0 Å². The predicted octanol–water partition coefficient (Wildman–Crippen LogP) is 6.07. The number of esters is 5. The third kappa shape index (κ3) is 10.7. The first-order valence-corrected chi connectivity index (χ1v) is 14.7. The molecule has 10 nitrogen and oxygen atoms in total. The van der Waals surface area contributed by atoms with Gasteiger partial charge in [-0.1, -0.05) is 50.0 Å². The second-order valence-corrected chi connectivity index (χ2v) is 9.81.